The van der Waals surface area contributed by atoms with Gasteiger partial charge in [0, 0.05) is 5.25 Å². The Labute approximate surface area is 86.5 Å². The second-order valence-electron chi connectivity index (χ2n) is 2.65. The lowest BCUT2D eigenvalue weighted by Crippen LogP contribution is -2.26. The van der Waals surface area contributed by atoms with Gasteiger partial charge in [-0.1, -0.05) is 6.92 Å². The van der Waals surface area contributed by atoms with E-state index in [1.807, 2.05) is 0 Å². The minimum atomic E-state index is -0.873. The molecule has 0 aromatic rings. The lowest BCUT2D eigenvalue weighted by Gasteiger charge is -2.07. The van der Waals surface area contributed by atoms with Crippen molar-refractivity contribution in [3.8, 4) is 6.07 Å². The molecule has 5 nitrogen and oxygen atoms in total. The predicted octanol–water partition coefficient (Wildman–Crippen LogP) is 0.223. The Bertz CT molecular complexity index is 249. The molecule has 6 heteroatoms. The van der Waals surface area contributed by atoms with Crippen LogP contribution < -0.4 is 5.32 Å². The number of thioether (sulfide) groups is 1. The van der Waals surface area contributed by atoms with Gasteiger partial charge in [0.1, 0.15) is 6.54 Å². The molecule has 1 amide bonds. The van der Waals surface area contributed by atoms with E-state index in [1.165, 1.54) is 11.8 Å². The molecule has 1 unspecified atom stereocenters. The summed E-state index contributed by atoms with van der Waals surface area (Å²) >= 11 is 1.26. The van der Waals surface area contributed by atoms with Crippen LogP contribution in [0.15, 0.2) is 0 Å². The summed E-state index contributed by atoms with van der Waals surface area (Å²) in [7, 11) is 0. The Morgan fingerprint density at radius 1 is 1.64 bits per heavy atom. The van der Waals surface area contributed by atoms with E-state index in [9.17, 15) is 9.59 Å². The van der Waals surface area contributed by atoms with Crippen molar-refractivity contribution in [2.45, 2.75) is 18.6 Å². The van der Waals surface area contributed by atoms with E-state index in [4.69, 9.17) is 10.4 Å². The van der Waals surface area contributed by atoms with E-state index in [2.05, 4.69) is 5.32 Å². The molecule has 0 aromatic heterocycles. The van der Waals surface area contributed by atoms with Gasteiger partial charge in [-0.15, -0.1) is 11.8 Å². The molecule has 0 spiro atoms. The molecule has 0 saturated carbocycles. The Morgan fingerprint density at radius 2 is 2.29 bits per heavy atom. The molecule has 0 aliphatic rings. The maximum absolute atomic E-state index is 11.0. The number of hydrogen-bond donors (Lipinski definition) is 2. The Morgan fingerprint density at radius 3 is 2.79 bits per heavy atom. The third kappa shape index (κ3) is 7.43. The highest BCUT2D eigenvalue weighted by Crippen LogP contribution is 2.13. The smallest absolute Gasteiger partial charge is 0.304 e. The van der Waals surface area contributed by atoms with Crippen LogP contribution >= 0.6 is 11.8 Å². The molecule has 14 heavy (non-hydrogen) atoms. The fraction of sp³-hybridized carbons (Fsp3) is 0.625. The van der Waals surface area contributed by atoms with Crippen molar-refractivity contribution in [2.75, 3.05) is 12.3 Å². The molecule has 0 saturated heterocycles. The topological polar surface area (TPSA) is 90.2 Å². The zero-order valence-electron chi connectivity index (χ0n) is 7.82. The summed E-state index contributed by atoms with van der Waals surface area (Å²) in [6.45, 7) is 1.74. The van der Waals surface area contributed by atoms with Crippen LogP contribution in [0.5, 0.6) is 0 Å². The lowest BCUT2D eigenvalue weighted by atomic mass is 10.3. The molecule has 0 aliphatic carbocycles. The highest BCUT2D eigenvalue weighted by molar-refractivity contribution is 8.00. The molecular weight excluding hydrogens is 204 g/mol. The van der Waals surface area contributed by atoms with Crippen molar-refractivity contribution in [1.82, 2.24) is 5.32 Å². The summed E-state index contributed by atoms with van der Waals surface area (Å²) in [4.78, 5) is 21.2. The van der Waals surface area contributed by atoms with E-state index in [1.54, 1.807) is 13.0 Å². The van der Waals surface area contributed by atoms with Crippen molar-refractivity contribution in [3.05, 3.63) is 0 Å². The van der Waals surface area contributed by atoms with Crippen LogP contribution in [-0.4, -0.2) is 34.5 Å². The number of carbonyl (C=O) groups is 2. The first-order valence-electron chi connectivity index (χ1n) is 4.03. The normalized spacial score (nSPS) is 11.4. The van der Waals surface area contributed by atoms with Crippen LogP contribution in [0.25, 0.3) is 0 Å². The first kappa shape index (κ1) is 12.8. The van der Waals surface area contributed by atoms with Gasteiger partial charge in [0.15, 0.2) is 0 Å². The summed E-state index contributed by atoms with van der Waals surface area (Å²) < 4.78 is 0. The highest BCUT2D eigenvalue weighted by Gasteiger charge is 2.09. The summed E-state index contributed by atoms with van der Waals surface area (Å²) in [5, 5.41) is 18.9. The van der Waals surface area contributed by atoms with Crippen LogP contribution in [0.4, 0.5) is 0 Å². The molecular formula is C8H12N2O3S. The molecule has 0 bridgehead atoms. The van der Waals surface area contributed by atoms with Crippen LogP contribution in [0.1, 0.15) is 13.3 Å². The molecule has 0 fully saturated rings. The van der Waals surface area contributed by atoms with Gasteiger partial charge in [0.2, 0.25) is 5.91 Å². The predicted molar refractivity (Wildman–Crippen MR) is 52.8 cm³/mol. The molecule has 0 aliphatic heterocycles. The van der Waals surface area contributed by atoms with E-state index >= 15 is 0 Å². The van der Waals surface area contributed by atoms with Gasteiger partial charge in [-0.2, -0.15) is 5.26 Å². The molecule has 2 N–H and O–H groups in total. The minimum absolute atomic E-state index is 0.00724. The number of hydrogen-bond acceptors (Lipinski definition) is 4. The number of carboxylic acids is 1. The lowest BCUT2D eigenvalue weighted by molar-refractivity contribution is -0.136. The summed E-state index contributed by atoms with van der Waals surface area (Å²) in [5.74, 6) is -0.924. The molecule has 0 rings (SSSR count). The number of nitriles is 1. The molecule has 1 atom stereocenters. The number of amides is 1. The monoisotopic (exact) mass is 216 g/mol. The number of nitrogens with zero attached hydrogens (tertiary/aromatic N) is 1. The van der Waals surface area contributed by atoms with Crippen molar-refractivity contribution >= 4 is 23.6 Å². The fourth-order valence-electron chi connectivity index (χ4n) is 0.712. The Kier molecular flexibility index (Phi) is 6.58. The van der Waals surface area contributed by atoms with E-state index in [0.717, 1.165) is 0 Å². The van der Waals surface area contributed by atoms with Crippen molar-refractivity contribution in [3.63, 3.8) is 0 Å². The quantitative estimate of drug-likeness (QED) is 0.620. The van der Waals surface area contributed by atoms with Crippen LogP contribution in [0.3, 0.4) is 0 Å². The van der Waals surface area contributed by atoms with Gasteiger partial charge in [0.05, 0.1) is 18.2 Å². The van der Waals surface area contributed by atoms with Gasteiger partial charge in [-0.25, -0.2) is 0 Å². The standard InChI is InChI=1S/C8H12N2O3S/c1-6(4-8(12)13)14-5-7(11)10-3-2-9/h6H,3-5H2,1H3,(H,10,11)(H,12,13). The zero-order valence-corrected chi connectivity index (χ0v) is 8.63. The first-order chi connectivity index (χ1) is 6.56. The minimum Gasteiger partial charge on any atom is -0.481 e. The molecule has 0 aromatic carbocycles. The van der Waals surface area contributed by atoms with Crippen molar-refractivity contribution in [1.29, 1.82) is 5.26 Å². The number of aliphatic carboxylic acids is 1. The Hall–Kier alpha value is -1.22. The highest BCUT2D eigenvalue weighted by atomic mass is 32.2. The number of carboxylic acid groups (broad SMARTS) is 1. The van der Waals surface area contributed by atoms with Gasteiger partial charge in [-0.05, 0) is 0 Å². The van der Waals surface area contributed by atoms with Crippen LogP contribution in [0, 0.1) is 11.3 Å². The second kappa shape index (κ2) is 7.21. The van der Waals surface area contributed by atoms with E-state index in [0.29, 0.717) is 0 Å². The second-order valence-corrected chi connectivity index (χ2v) is 4.08. The summed E-state index contributed by atoms with van der Waals surface area (Å²) in [6, 6.07) is 1.78. The van der Waals surface area contributed by atoms with Gasteiger partial charge in [-0.3, -0.25) is 9.59 Å². The van der Waals surface area contributed by atoms with E-state index in [-0.39, 0.29) is 29.9 Å². The van der Waals surface area contributed by atoms with Gasteiger partial charge in [0.25, 0.3) is 0 Å². The largest absolute Gasteiger partial charge is 0.481 e. The Balaban J connectivity index is 3.56. The molecule has 78 valence electrons. The van der Waals surface area contributed by atoms with Gasteiger partial charge < -0.3 is 10.4 Å². The average molecular weight is 216 g/mol. The summed E-state index contributed by atoms with van der Waals surface area (Å²) in [6.07, 6.45) is 0.0379. The fourth-order valence-corrected chi connectivity index (χ4v) is 1.51. The van der Waals surface area contributed by atoms with E-state index < -0.39 is 5.97 Å². The van der Waals surface area contributed by atoms with Gasteiger partial charge >= 0.3 is 5.97 Å². The SMILES string of the molecule is CC(CC(=O)O)SCC(=O)NCC#N. The average Bonchev–Trinajstić information content (AvgIpc) is 2.10. The molecule has 0 heterocycles. The maximum atomic E-state index is 11.0. The zero-order chi connectivity index (χ0) is 11.0. The van der Waals surface area contributed by atoms with Crippen LogP contribution in [0.2, 0.25) is 0 Å². The number of rotatable bonds is 6. The summed E-state index contributed by atoms with van der Waals surface area (Å²) in [5.41, 5.74) is 0. The molecule has 0 radical (unpaired) electrons. The third-order valence-corrected chi connectivity index (χ3v) is 2.49. The first-order valence-corrected chi connectivity index (χ1v) is 5.08. The number of nitrogens with one attached hydrogen (secondary N) is 1. The van der Waals surface area contributed by atoms with Crippen molar-refractivity contribution < 1.29 is 14.7 Å². The van der Waals surface area contributed by atoms with Crippen molar-refractivity contribution in [2.24, 2.45) is 0 Å². The third-order valence-electron chi connectivity index (χ3n) is 1.33. The van der Waals surface area contributed by atoms with Crippen LogP contribution in [-0.2, 0) is 9.59 Å². The number of carbonyl (C=O) groups excluding carboxylic acids is 1. The maximum Gasteiger partial charge on any atom is 0.304 e.